The van der Waals surface area contributed by atoms with Crippen LogP contribution in [-0.2, 0) is 20.9 Å². The number of rotatable bonds is 7. The average Bonchev–Trinajstić information content (AvgIpc) is 2.58. The molecule has 1 aromatic carbocycles. The molecule has 1 saturated carbocycles. The summed E-state index contributed by atoms with van der Waals surface area (Å²) in [5.74, 6) is 0.0770. The van der Waals surface area contributed by atoms with Gasteiger partial charge in [-0.25, -0.2) is 4.79 Å². The predicted molar refractivity (Wildman–Crippen MR) is 93.2 cm³/mol. The van der Waals surface area contributed by atoms with E-state index in [0.717, 1.165) is 24.8 Å². The van der Waals surface area contributed by atoms with Crippen LogP contribution in [0.1, 0.15) is 45.6 Å². The minimum atomic E-state index is -1.76. The molecule has 6 nitrogen and oxygen atoms in total. The first kappa shape index (κ1) is 19.4. The van der Waals surface area contributed by atoms with E-state index in [9.17, 15) is 14.9 Å². The average molecular weight is 349 g/mol. The van der Waals surface area contributed by atoms with E-state index in [-0.39, 0.29) is 18.6 Å². The molecule has 0 bridgehead atoms. The number of ether oxygens (including phenoxy) is 2. The van der Waals surface area contributed by atoms with E-state index in [1.54, 1.807) is 12.1 Å². The number of hydrogen-bond acceptors (Lipinski definition) is 5. The largest absolute Gasteiger partial charge is 0.454 e. The molecule has 0 spiro atoms. The molecular weight excluding hydrogens is 322 g/mol. The summed E-state index contributed by atoms with van der Waals surface area (Å²) in [4.78, 5) is 22.9. The molecule has 2 rings (SSSR count). The maximum atomic E-state index is 12.2. The van der Waals surface area contributed by atoms with Gasteiger partial charge in [-0.3, -0.25) is 10.1 Å². The number of benzene rings is 1. The molecule has 25 heavy (non-hydrogen) atoms. The zero-order valence-corrected chi connectivity index (χ0v) is 15.1. The van der Waals surface area contributed by atoms with Gasteiger partial charge in [-0.05, 0) is 36.2 Å². The number of esters is 1. The third-order valence-electron chi connectivity index (χ3n) is 4.88. The van der Waals surface area contributed by atoms with Gasteiger partial charge in [0.1, 0.15) is 6.61 Å². The molecule has 138 valence electrons. The molecule has 0 aliphatic heterocycles. The van der Waals surface area contributed by atoms with Gasteiger partial charge < -0.3 is 9.47 Å². The van der Waals surface area contributed by atoms with Crippen LogP contribution in [0.2, 0.25) is 0 Å². The van der Waals surface area contributed by atoms with Crippen molar-refractivity contribution in [2.24, 2.45) is 17.8 Å². The van der Waals surface area contributed by atoms with Gasteiger partial charge in [-0.2, -0.15) is 0 Å². The Kier molecular flexibility index (Phi) is 6.93. The van der Waals surface area contributed by atoms with Crippen molar-refractivity contribution in [2.45, 2.75) is 59.0 Å². The molecule has 0 heterocycles. The second-order valence-corrected chi connectivity index (χ2v) is 7.23. The molecule has 0 amide bonds. The van der Waals surface area contributed by atoms with Crippen molar-refractivity contribution in [3.63, 3.8) is 0 Å². The van der Waals surface area contributed by atoms with Crippen LogP contribution in [0.3, 0.4) is 0 Å². The minimum absolute atomic E-state index is 0.00204. The lowest BCUT2D eigenvalue weighted by molar-refractivity contribution is -0.567. The van der Waals surface area contributed by atoms with Crippen molar-refractivity contribution < 1.29 is 19.2 Å². The van der Waals surface area contributed by atoms with Crippen LogP contribution in [0, 0.1) is 27.9 Å². The Morgan fingerprint density at radius 3 is 2.56 bits per heavy atom. The summed E-state index contributed by atoms with van der Waals surface area (Å²) in [5.41, 5.74) is 0.782. The van der Waals surface area contributed by atoms with Gasteiger partial charge in [0.2, 0.25) is 0 Å². The SMILES string of the molecule is CC(C)[C@@H]1CC[C@@H](C)C[C@H]1OC(C(=O)OCc1ccccc1)[N+](=O)[O-]. The van der Waals surface area contributed by atoms with Crippen LogP contribution in [-0.4, -0.2) is 23.2 Å². The Balaban J connectivity index is 2.01. The molecule has 1 fully saturated rings. The molecule has 0 saturated heterocycles. The van der Waals surface area contributed by atoms with Crippen molar-refractivity contribution in [1.29, 1.82) is 0 Å². The van der Waals surface area contributed by atoms with Gasteiger partial charge in [0, 0.05) is 0 Å². The maximum absolute atomic E-state index is 12.2. The van der Waals surface area contributed by atoms with Gasteiger partial charge >= 0.3 is 12.2 Å². The first-order valence-corrected chi connectivity index (χ1v) is 8.88. The Hall–Kier alpha value is -1.95. The van der Waals surface area contributed by atoms with E-state index in [4.69, 9.17) is 9.47 Å². The summed E-state index contributed by atoms with van der Waals surface area (Å²) in [6, 6.07) is 9.09. The van der Waals surface area contributed by atoms with Gasteiger partial charge in [0.25, 0.3) is 0 Å². The normalized spacial score (nSPS) is 24.7. The number of nitrogens with zero attached hydrogens (tertiary/aromatic N) is 1. The monoisotopic (exact) mass is 349 g/mol. The number of hydrogen-bond donors (Lipinski definition) is 0. The van der Waals surface area contributed by atoms with Crippen LogP contribution in [0.25, 0.3) is 0 Å². The van der Waals surface area contributed by atoms with Gasteiger partial charge in [0.15, 0.2) is 0 Å². The molecule has 1 aliphatic carbocycles. The van der Waals surface area contributed by atoms with Crippen LogP contribution in [0.15, 0.2) is 30.3 Å². The predicted octanol–water partition coefficient (Wildman–Crippen LogP) is 3.81. The fraction of sp³-hybridized carbons (Fsp3) is 0.632. The van der Waals surface area contributed by atoms with E-state index in [0.29, 0.717) is 11.8 Å². The van der Waals surface area contributed by atoms with Crippen LogP contribution in [0.4, 0.5) is 0 Å². The Morgan fingerprint density at radius 1 is 1.28 bits per heavy atom. The summed E-state index contributed by atoms with van der Waals surface area (Å²) in [5, 5.41) is 11.4. The molecule has 1 unspecified atom stereocenters. The van der Waals surface area contributed by atoms with E-state index < -0.39 is 17.1 Å². The van der Waals surface area contributed by atoms with E-state index >= 15 is 0 Å². The summed E-state index contributed by atoms with van der Waals surface area (Å²) < 4.78 is 10.8. The molecule has 4 atom stereocenters. The van der Waals surface area contributed by atoms with Crippen LogP contribution in [0.5, 0.6) is 0 Å². The summed E-state index contributed by atoms with van der Waals surface area (Å²) in [7, 11) is 0. The third kappa shape index (κ3) is 5.53. The lowest BCUT2D eigenvalue weighted by atomic mass is 9.75. The van der Waals surface area contributed by atoms with Gasteiger partial charge in [-0.15, -0.1) is 0 Å². The lowest BCUT2D eigenvalue weighted by Crippen LogP contribution is -2.43. The molecule has 6 heteroatoms. The smallest absolute Gasteiger partial charge is 0.413 e. The first-order valence-electron chi connectivity index (χ1n) is 8.88. The molecular formula is C19H27NO5. The van der Waals surface area contributed by atoms with E-state index in [1.807, 2.05) is 18.2 Å². The van der Waals surface area contributed by atoms with Crippen LogP contribution >= 0.6 is 0 Å². The maximum Gasteiger partial charge on any atom is 0.413 e. The van der Waals surface area contributed by atoms with Crippen molar-refractivity contribution in [2.75, 3.05) is 0 Å². The van der Waals surface area contributed by atoms with Crippen molar-refractivity contribution >= 4 is 5.97 Å². The van der Waals surface area contributed by atoms with Crippen molar-refractivity contribution in [3.8, 4) is 0 Å². The number of nitro groups is 1. The lowest BCUT2D eigenvalue weighted by Gasteiger charge is -2.37. The molecule has 0 N–H and O–H groups in total. The Morgan fingerprint density at radius 2 is 1.96 bits per heavy atom. The van der Waals surface area contributed by atoms with E-state index in [2.05, 4.69) is 20.8 Å². The fourth-order valence-electron chi connectivity index (χ4n) is 3.43. The fourth-order valence-corrected chi connectivity index (χ4v) is 3.43. The molecule has 1 aromatic rings. The summed E-state index contributed by atoms with van der Waals surface area (Å²) in [6.07, 6.45) is 0.736. The van der Waals surface area contributed by atoms with Crippen molar-refractivity contribution in [1.82, 2.24) is 0 Å². The highest BCUT2D eigenvalue weighted by Crippen LogP contribution is 2.36. The third-order valence-corrected chi connectivity index (χ3v) is 4.88. The quantitative estimate of drug-likeness (QED) is 0.324. The Bertz CT molecular complexity index is 574. The standard InChI is InChI=1S/C19H27NO5/c1-13(2)16-10-9-14(3)11-17(16)25-18(20(22)23)19(21)24-12-15-7-5-4-6-8-15/h4-8,13-14,16-18H,9-12H2,1-3H3/t14-,16+,17-,18?/m1/s1. The Labute approximate surface area is 148 Å². The van der Waals surface area contributed by atoms with Crippen molar-refractivity contribution in [3.05, 3.63) is 46.0 Å². The topological polar surface area (TPSA) is 78.7 Å². The number of carbonyl (C=O) groups is 1. The first-order chi connectivity index (χ1) is 11.9. The summed E-state index contributed by atoms with van der Waals surface area (Å²) in [6.45, 7) is 6.29. The highest BCUT2D eigenvalue weighted by atomic mass is 16.7. The van der Waals surface area contributed by atoms with Crippen LogP contribution < -0.4 is 0 Å². The zero-order chi connectivity index (χ0) is 18.4. The van der Waals surface area contributed by atoms with Gasteiger partial charge in [-0.1, -0.05) is 57.5 Å². The second kappa shape index (κ2) is 8.94. The molecule has 0 radical (unpaired) electrons. The summed E-state index contributed by atoms with van der Waals surface area (Å²) >= 11 is 0. The van der Waals surface area contributed by atoms with E-state index in [1.165, 1.54) is 0 Å². The highest BCUT2D eigenvalue weighted by Gasteiger charge is 2.40. The molecule has 0 aromatic heterocycles. The zero-order valence-electron chi connectivity index (χ0n) is 15.1. The second-order valence-electron chi connectivity index (χ2n) is 7.23. The molecule has 1 aliphatic rings. The highest BCUT2D eigenvalue weighted by molar-refractivity contribution is 5.72. The minimum Gasteiger partial charge on any atom is -0.454 e. The number of carbonyl (C=O) groups excluding carboxylic acids is 1. The van der Waals surface area contributed by atoms with Gasteiger partial charge in [0.05, 0.1) is 11.0 Å².